The van der Waals surface area contributed by atoms with Crippen molar-refractivity contribution in [2.24, 2.45) is 0 Å². The van der Waals surface area contributed by atoms with Gasteiger partial charge >= 0.3 is 0 Å². The van der Waals surface area contributed by atoms with Crippen LogP contribution in [0.2, 0.25) is 0 Å². The van der Waals surface area contributed by atoms with Crippen LogP contribution in [0, 0.1) is 13.8 Å². The first-order valence-electron chi connectivity index (χ1n) is 10.8. The summed E-state index contributed by atoms with van der Waals surface area (Å²) in [5.74, 6) is -0.199. The Labute approximate surface area is 198 Å². The molecule has 1 amide bonds. The van der Waals surface area contributed by atoms with Crippen LogP contribution in [0.4, 0.5) is 5.13 Å². The lowest BCUT2D eigenvalue weighted by Gasteiger charge is -2.20. The average Bonchev–Trinajstić information content (AvgIpc) is 3.21. The normalized spacial score (nSPS) is 11.6. The average molecular weight is 479 g/mol. The fourth-order valence-electron chi connectivity index (χ4n) is 3.61. The molecule has 0 radical (unpaired) electrons. The molecule has 0 bridgehead atoms. The van der Waals surface area contributed by atoms with Gasteiger partial charge in [0.2, 0.25) is 5.91 Å². The Bertz CT molecular complexity index is 1330. The number of benzene rings is 3. The van der Waals surface area contributed by atoms with Crippen LogP contribution in [-0.4, -0.2) is 25.1 Å². The summed E-state index contributed by atoms with van der Waals surface area (Å²) in [6, 6.07) is 22.3. The Morgan fingerprint density at radius 2 is 1.58 bits per heavy atom. The second-order valence-electron chi connectivity index (χ2n) is 8.10. The number of aryl methyl sites for hydroxylation is 2. The topological polar surface area (TPSA) is 67.3 Å². The van der Waals surface area contributed by atoms with E-state index in [0.29, 0.717) is 11.7 Å². The van der Waals surface area contributed by atoms with E-state index in [1.54, 1.807) is 35.2 Å². The molecule has 4 aromatic rings. The molecule has 33 heavy (non-hydrogen) atoms. The number of carbonyl (C=O) groups excluding carboxylic acids is 1. The van der Waals surface area contributed by atoms with Gasteiger partial charge in [-0.25, -0.2) is 13.4 Å². The first-order valence-corrected chi connectivity index (χ1v) is 13.3. The van der Waals surface area contributed by atoms with E-state index >= 15 is 0 Å². The highest BCUT2D eigenvalue weighted by Crippen LogP contribution is 2.32. The molecule has 0 unspecified atom stereocenters. The van der Waals surface area contributed by atoms with Crippen molar-refractivity contribution in [2.75, 3.05) is 10.7 Å². The van der Waals surface area contributed by atoms with E-state index in [0.717, 1.165) is 21.3 Å². The first-order chi connectivity index (χ1) is 15.8. The zero-order chi connectivity index (χ0) is 23.4. The van der Waals surface area contributed by atoms with E-state index in [1.165, 1.54) is 16.9 Å². The minimum absolute atomic E-state index is 0.0693. The summed E-state index contributed by atoms with van der Waals surface area (Å²) in [5.41, 5.74) is 4.21. The third-order valence-corrected chi connectivity index (χ3v) is 8.47. The predicted octanol–water partition coefficient (Wildman–Crippen LogP) is 5.70. The van der Waals surface area contributed by atoms with E-state index < -0.39 is 9.84 Å². The van der Waals surface area contributed by atoms with Crippen molar-refractivity contribution in [1.29, 1.82) is 0 Å². The third-order valence-electron chi connectivity index (χ3n) is 5.61. The molecule has 0 atom stereocenters. The van der Waals surface area contributed by atoms with Crippen LogP contribution in [-0.2, 0) is 21.2 Å². The van der Waals surface area contributed by atoms with Gasteiger partial charge in [-0.3, -0.25) is 9.69 Å². The van der Waals surface area contributed by atoms with Gasteiger partial charge in [-0.15, -0.1) is 0 Å². The standard InChI is InChI=1S/C26H26N2O3S2/c1-19-16-23-24(17-20(19)2)32-26(27-23)28(18-21-10-5-3-6-11-21)25(29)14-9-15-33(30,31)22-12-7-4-8-13-22/h3-8,10-13,16-17H,9,14-15,18H2,1-2H3. The summed E-state index contributed by atoms with van der Waals surface area (Å²) in [6.07, 6.45) is 0.386. The van der Waals surface area contributed by atoms with Crippen LogP contribution in [0.1, 0.15) is 29.5 Å². The molecule has 7 heteroatoms. The molecule has 5 nitrogen and oxygen atoms in total. The summed E-state index contributed by atoms with van der Waals surface area (Å²) < 4.78 is 26.2. The number of sulfone groups is 1. The van der Waals surface area contributed by atoms with Crippen molar-refractivity contribution in [2.45, 2.75) is 38.1 Å². The van der Waals surface area contributed by atoms with Gasteiger partial charge in [0.1, 0.15) is 0 Å². The molecule has 170 valence electrons. The molecule has 3 aromatic carbocycles. The Balaban J connectivity index is 1.55. The SMILES string of the molecule is Cc1cc2nc(N(Cc3ccccc3)C(=O)CCCS(=O)(=O)c3ccccc3)sc2cc1C. The molecule has 0 saturated heterocycles. The Morgan fingerprint density at radius 3 is 2.27 bits per heavy atom. The molecule has 0 fully saturated rings. The van der Waals surface area contributed by atoms with E-state index in [1.807, 2.05) is 43.3 Å². The number of aromatic nitrogens is 1. The summed E-state index contributed by atoms with van der Waals surface area (Å²) in [6.45, 7) is 4.50. The highest BCUT2D eigenvalue weighted by Gasteiger charge is 2.22. The van der Waals surface area contributed by atoms with Crippen molar-refractivity contribution in [1.82, 2.24) is 4.98 Å². The third kappa shape index (κ3) is 5.49. The van der Waals surface area contributed by atoms with Gasteiger partial charge in [-0.05, 0) is 61.2 Å². The van der Waals surface area contributed by atoms with Gasteiger partial charge in [-0.2, -0.15) is 0 Å². The van der Waals surface area contributed by atoms with Crippen LogP contribution in [0.3, 0.4) is 0 Å². The summed E-state index contributed by atoms with van der Waals surface area (Å²) in [7, 11) is -3.42. The van der Waals surface area contributed by atoms with Gasteiger partial charge in [-0.1, -0.05) is 59.9 Å². The predicted molar refractivity (Wildman–Crippen MR) is 134 cm³/mol. The van der Waals surface area contributed by atoms with Crippen molar-refractivity contribution in [3.8, 4) is 0 Å². The molecular formula is C26H26N2O3S2. The number of fused-ring (bicyclic) bond motifs is 1. The van der Waals surface area contributed by atoms with E-state index in [4.69, 9.17) is 4.98 Å². The van der Waals surface area contributed by atoms with Gasteiger partial charge in [0, 0.05) is 6.42 Å². The van der Waals surface area contributed by atoms with Gasteiger partial charge < -0.3 is 0 Å². The number of carbonyl (C=O) groups is 1. The maximum absolute atomic E-state index is 13.3. The fourth-order valence-corrected chi connectivity index (χ4v) is 6.00. The summed E-state index contributed by atoms with van der Waals surface area (Å²) >= 11 is 1.49. The zero-order valence-electron chi connectivity index (χ0n) is 18.7. The molecule has 1 aromatic heterocycles. The monoisotopic (exact) mass is 478 g/mol. The first kappa shape index (κ1) is 23.1. The van der Waals surface area contributed by atoms with Crippen LogP contribution in [0.5, 0.6) is 0 Å². The van der Waals surface area contributed by atoms with Crippen LogP contribution in [0.15, 0.2) is 77.7 Å². The number of rotatable bonds is 8. The fraction of sp³-hybridized carbons (Fsp3) is 0.231. The zero-order valence-corrected chi connectivity index (χ0v) is 20.3. The second kappa shape index (κ2) is 9.85. The minimum atomic E-state index is -3.42. The number of amides is 1. The maximum atomic E-state index is 13.3. The number of nitrogens with zero attached hydrogens (tertiary/aromatic N) is 2. The molecule has 0 saturated carbocycles. The van der Waals surface area contributed by atoms with Crippen molar-refractivity contribution in [3.63, 3.8) is 0 Å². The van der Waals surface area contributed by atoms with Gasteiger partial charge in [0.25, 0.3) is 0 Å². The number of hydrogen-bond donors (Lipinski definition) is 0. The van der Waals surface area contributed by atoms with Crippen LogP contribution < -0.4 is 4.90 Å². The van der Waals surface area contributed by atoms with E-state index in [2.05, 4.69) is 13.0 Å². The van der Waals surface area contributed by atoms with Crippen molar-refractivity contribution in [3.05, 3.63) is 89.5 Å². The van der Waals surface area contributed by atoms with Crippen molar-refractivity contribution >= 4 is 42.4 Å². The Hall–Kier alpha value is -3.03. The summed E-state index contributed by atoms with van der Waals surface area (Å²) in [4.78, 5) is 20.0. The summed E-state index contributed by atoms with van der Waals surface area (Å²) in [5, 5.41) is 0.634. The molecule has 0 aliphatic carbocycles. The minimum Gasteiger partial charge on any atom is -0.284 e. The number of hydrogen-bond acceptors (Lipinski definition) is 5. The largest absolute Gasteiger partial charge is 0.284 e. The van der Waals surface area contributed by atoms with Gasteiger partial charge in [0.05, 0.1) is 27.4 Å². The maximum Gasteiger partial charge on any atom is 0.229 e. The molecular weight excluding hydrogens is 452 g/mol. The molecule has 0 aliphatic heterocycles. The van der Waals surface area contributed by atoms with Crippen LogP contribution >= 0.6 is 11.3 Å². The van der Waals surface area contributed by atoms with Crippen LogP contribution in [0.25, 0.3) is 10.2 Å². The smallest absolute Gasteiger partial charge is 0.229 e. The quantitative estimate of drug-likeness (QED) is 0.326. The van der Waals surface area contributed by atoms with Gasteiger partial charge in [0.15, 0.2) is 15.0 Å². The molecule has 0 aliphatic rings. The lowest BCUT2D eigenvalue weighted by molar-refractivity contribution is -0.118. The van der Waals surface area contributed by atoms with E-state index in [9.17, 15) is 13.2 Å². The highest BCUT2D eigenvalue weighted by atomic mass is 32.2. The number of anilines is 1. The lowest BCUT2D eigenvalue weighted by atomic mass is 10.1. The lowest BCUT2D eigenvalue weighted by Crippen LogP contribution is -2.30. The molecule has 4 rings (SSSR count). The molecule has 0 spiro atoms. The van der Waals surface area contributed by atoms with E-state index in [-0.39, 0.29) is 29.4 Å². The highest BCUT2D eigenvalue weighted by molar-refractivity contribution is 7.91. The number of thiazole rings is 1. The Morgan fingerprint density at radius 1 is 0.939 bits per heavy atom. The Kier molecular flexibility index (Phi) is 6.91. The molecule has 1 heterocycles. The second-order valence-corrected chi connectivity index (χ2v) is 11.2. The van der Waals surface area contributed by atoms with Crippen molar-refractivity contribution < 1.29 is 13.2 Å². The molecule has 0 N–H and O–H groups in total.